The van der Waals surface area contributed by atoms with Crippen molar-refractivity contribution in [2.75, 3.05) is 13.2 Å². The van der Waals surface area contributed by atoms with Gasteiger partial charge >= 0.3 is 6.09 Å². The Balaban J connectivity index is 2.96. The molecule has 0 fully saturated rings. The highest BCUT2D eigenvalue weighted by atomic mass is 16.6. The first-order valence-electron chi connectivity index (χ1n) is 9.00. The molecule has 26 heavy (non-hydrogen) atoms. The van der Waals surface area contributed by atoms with Gasteiger partial charge in [0.1, 0.15) is 17.1 Å². The molecule has 0 saturated carbocycles. The van der Waals surface area contributed by atoms with E-state index >= 15 is 0 Å². The average molecular weight is 365 g/mol. The summed E-state index contributed by atoms with van der Waals surface area (Å²) in [5, 5.41) is 7.14. The van der Waals surface area contributed by atoms with Crippen LogP contribution < -0.4 is 5.32 Å². The number of aryl methyl sites for hydroxylation is 1. The van der Waals surface area contributed by atoms with Crippen LogP contribution in [0.3, 0.4) is 0 Å². The SMILES string of the molecule is C=C(OCC)c1c(C(=O)CCC)c(C)nn1CCNC(=O)OC(C)(C)C. The molecule has 1 N–H and O–H groups in total. The van der Waals surface area contributed by atoms with Crippen LogP contribution in [0.25, 0.3) is 5.76 Å². The van der Waals surface area contributed by atoms with Crippen molar-refractivity contribution >= 4 is 17.6 Å². The molecule has 0 radical (unpaired) electrons. The number of carbonyl (C=O) groups excluding carboxylic acids is 2. The zero-order valence-electron chi connectivity index (χ0n) is 16.8. The summed E-state index contributed by atoms with van der Waals surface area (Å²) in [6.45, 7) is 16.1. The first-order valence-corrected chi connectivity index (χ1v) is 9.00. The third-order valence-electron chi connectivity index (χ3n) is 3.46. The Hall–Kier alpha value is -2.31. The molecule has 0 aliphatic heterocycles. The summed E-state index contributed by atoms with van der Waals surface area (Å²) >= 11 is 0. The summed E-state index contributed by atoms with van der Waals surface area (Å²) in [6, 6.07) is 0. The van der Waals surface area contributed by atoms with Crippen LogP contribution in [-0.4, -0.2) is 40.4 Å². The number of rotatable bonds is 9. The molecule has 1 amide bonds. The number of aromatic nitrogens is 2. The molecule has 0 unspecified atom stereocenters. The van der Waals surface area contributed by atoms with E-state index in [4.69, 9.17) is 9.47 Å². The van der Waals surface area contributed by atoms with Crippen molar-refractivity contribution < 1.29 is 19.1 Å². The molecule has 1 aromatic heterocycles. The maximum Gasteiger partial charge on any atom is 0.407 e. The van der Waals surface area contributed by atoms with E-state index in [9.17, 15) is 9.59 Å². The molecule has 1 heterocycles. The number of nitrogens with zero attached hydrogens (tertiary/aromatic N) is 2. The fourth-order valence-electron chi connectivity index (χ4n) is 2.53. The highest BCUT2D eigenvalue weighted by Gasteiger charge is 2.24. The largest absolute Gasteiger partial charge is 0.492 e. The minimum atomic E-state index is -0.555. The number of nitrogens with one attached hydrogen (secondary N) is 1. The van der Waals surface area contributed by atoms with Crippen molar-refractivity contribution in [2.45, 2.75) is 66.5 Å². The average Bonchev–Trinajstić information content (AvgIpc) is 2.82. The Kier molecular flexibility index (Phi) is 7.86. The lowest BCUT2D eigenvalue weighted by Crippen LogP contribution is -2.34. The van der Waals surface area contributed by atoms with Crippen molar-refractivity contribution in [2.24, 2.45) is 0 Å². The maximum atomic E-state index is 12.5. The number of alkyl carbamates (subject to hydrolysis) is 1. The molecule has 0 spiro atoms. The van der Waals surface area contributed by atoms with Crippen molar-refractivity contribution in [1.82, 2.24) is 15.1 Å². The molecule has 7 nitrogen and oxygen atoms in total. The van der Waals surface area contributed by atoms with Gasteiger partial charge in [0.05, 0.1) is 24.4 Å². The molecule has 0 aliphatic rings. The predicted octanol–water partition coefficient (Wildman–Crippen LogP) is 3.71. The molecular weight excluding hydrogens is 334 g/mol. The van der Waals surface area contributed by atoms with Crippen molar-refractivity contribution in [3.63, 3.8) is 0 Å². The van der Waals surface area contributed by atoms with Gasteiger partial charge in [-0.2, -0.15) is 5.10 Å². The number of ether oxygens (including phenoxy) is 2. The van der Waals surface area contributed by atoms with Gasteiger partial charge in [0.25, 0.3) is 0 Å². The molecular formula is C19H31N3O4. The zero-order valence-corrected chi connectivity index (χ0v) is 16.8. The lowest BCUT2D eigenvalue weighted by atomic mass is 10.0. The molecule has 1 aromatic rings. The van der Waals surface area contributed by atoms with Gasteiger partial charge in [-0.15, -0.1) is 0 Å². The summed E-state index contributed by atoms with van der Waals surface area (Å²) in [4.78, 5) is 24.3. The Morgan fingerprint density at radius 1 is 1.27 bits per heavy atom. The van der Waals surface area contributed by atoms with Gasteiger partial charge in [-0.25, -0.2) is 4.79 Å². The van der Waals surface area contributed by atoms with E-state index in [1.165, 1.54) is 0 Å². The number of amides is 1. The summed E-state index contributed by atoms with van der Waals surface area (Å²) in [6.07, 6.45) is 0.702. The van der Waals surface area contributed by atoms with Crippen LogP contribution in [-0.2, 0) is 16.0 Å². The minimum absolute atomic E-state index is 0.0206. The van der Waals surface area contributed by atoms with Crippen LogP contribution in [0, 0.1) is 6.92 Å². The van der Waals surface area contributed by atoms with Gasteiger partial charge in [-0.05, 0) is 41.0 Å². The second-order valence-electron chi connectivity index (χ2n) is 6.99. The topological polar surface area (TPSA) is 82.5 Å². The smallest absolute Gasteiger partial charge is 0.407 e. The maximum absolute atomic E-state index is 12.5. The summed E-state index contributed by atoms with van der Waals surface area (Å²) in [7, 11) is 0. The van der Waals surface area contributed by atoms with E-state index in [-0.39, 0.29) is 5.78 Å². The van der Waals surface area contributed by atoms with E-state index < -0.39 is 11.7 Å². The van der Waals surface area contributed by atoms with Crippen LogP contribution in [0.15, 0.2) is 6.58 Å². The number of carbonyl (C=O) groups is 2. The van der Waals surface area contributed by atoms with Crippen LogP contribution >= 0.6 is 0 Å². The Labute approximate surface area is 155 Å². The Bertz CT molecular complexity index is 656. The van der Waals surface area contributed by atoms with Crippen molar-refractivity contribution in [3.8, 4) is 0 Å². The van der Waals surface area contributed by atoms with Gasteiger partial charge < -0.3 is 14.8 Å². The number of ketones is 1. The molecule has 146 valence electrons. The van der Waals surface area contributed by atoms with E-state index in [1.807, 2.05) is 13.8 Å². The monoisotopic (exact) mass is 365 g/mol. The van der Waals surface area contributed by atoms with Gasteiger partial charge in [0.15, 0.2) is 5.78 Å². The molecule has 1 rings (SSSR count). The van der Waals surface area contributed by atoms with Crippen LogP contribution in [0.2, 0.25) is 0 Å². The van der Waals surface area contributed by atoms with Crippen LogP contribution in [0.5, 0.6) is 0 Å². The summed E-state index contributed by atoms with van der Waals surface area (Å²) < 4.78 is 12.4. The highest BCUT2D eigenvalue weighted by molar-refractivity contribution is 6.00. The third kappa shape index (κ3) is 6.20. The van der Waals surface area contributed by atoms with E-state index in [0.29, 0.717) is 48.8 Å². The van der Waals surface area contributed by atoms with E-state index in [2.05, 4.69) is 17.0 Å². The highest BCUT2D eigenvalue weighted by Crippen LogP contribution is 2.24. The van der Waals surface area contributed by atoms with Crippen LogP contribution in [0.4, 0.5) is 4.79 Å². The second kappa shape index (κ2) is 9.40. The van der Waals surface area contributed by atoms with Crippen molar-refractivity contribution in [1.29, 1.82) is 0 Å². The fraction of sp³-hybridized carbons (Fsp3) is 0.632. The Morgan fingerprint density at radius 3 is 2.46 bits per heavy atom. The molecule has 0 aromatic carbocycles. The number of Topliss-reactive ketones (excluding diaryl/α,β-unsaturated/α-hetero) is 1. The summed E-state index contributed by atoms with van der Waals surface area (Å²) in [5.41, 5.74) is 1.20. The van der Waals surface area contributed by atoms with Crippen molar-refractivity contribution in [3.05, 3.63) is 23.5 Å². The first kappa shape index (κ1) is 21.7. The van der Waals surface area contributed by atoms with E-state index in [0.717, 1.165) is 6.42 Å². The van der Waals surface area contributed by atoms with Gasteiger partial charge in [0.2, 0.25) is 0 Å². The molecule has 0 atom stereocenters. The number of hydrogen-bond donors (Lipinski definition) is 1. The molecule has 0 bridgehead atoms. The quantitative estimate of drug-likeness (QED) is 0.533. The summed E-state index contributed by atoms with van der Waals surface area (Å²) in [5.74, 6) is 0.428. The second-order valence-corrected chi connectivity index (χ2v) is 6.99. The van der Waals surface area contributed by atoms with Crippen LogP contribution in [0.1, 0.15) is 69.2 Å². The molecule has 0 aliphatic carbocycles. The standard InChI is InChI=1S/C19H31N3O4/c1-8-10-15(23)16-13(3)21-22(17(16)14(4)25-9-2)12-11-20-18(24)26-19(5,6)7/h4,8-12H2,1-3,5-7H3,(H,20,24). The molecule has 0 saturated heterocycles. The predicted molar refractivity (Wildman–Crippen MR) is 101 cm³/mol. The van der Waals surface area contributed by atoms with Gasteiger partial charge in [0, 0.05) is 13.0 Å². The zero-order chi connectivity index (χ0) is 19.9. The lowest BCUT2D eigenvalue weighted by Gasteiger charge is -2.19. The van der Waals surface area contributed by atoms with E-state index in [1.54, 1.807) is 32.4 Å². The Morgan fingerprint density at radius 2 is 1.92 bits per heavy atom. The number of hydrogen-bond acceptors (Lipinski definition) is 5. The first-order chi connectivity index (χ1) is 12.1. The van der Waals surface area contributed by atoms with Gasteiger partial charge in [-0.3, -0.25) is 9.48 Å². The van der Waals surface area contributed by atoms with Gasteiger partial charge in [-0.1, -0.05) is 13.5 Å². The fourth-order valence-corrected chi connectivity index (χ4v) is 2.53. The molecule has 7 heteroatoms. The third-order valence-corrected chi connectivity index (χ3v) is 3.46. The normalized spacial score (nSPS) is 11.2. The lowest BCUT2D eigenvalue weighted by molar-refractivity contribution is 0.0525. The minimum Gasteiger partial charge on any atom is -0.492 e.